The monoisotopic (exact) mass is 593 g/mol. The molecule has 0 radical (unpaired) electrons. The van der Waals surface area contributed by atoms with Gasteiger partial charge in [-0.05, 0) is 82.6 Å². The Labute approximate surface area is 257 Å². The number of nitrogens with one attached hydrogen (secondary N) is 2. The molecule has 0 heterocycles. The molecule has 1 aliphatic rings. The zero-order valence-electron chi connectivity index (χ0n) is 26.8. The molecule has 2 aromatic carbocycles. The number of ether oxygens (including phenoxy) is 1. The average molecular weight is 594 g/mol. The first kappa shape index (κ1) is 33.9. The minimum Gasteiger partial charge on any atom is -0.508 e. The predicted molar refractivity (Wildman–Crippen MR) is 170 cm³/mol. The molecule has 0 spiro atoms. The highest BCUT2D eigenvalue weighted by Crippen LogP contribution is 2.29. The summed E-state index contributed by atoms with van der Waals surface area (Å²) in [6.07, 6.45) is 6.19. The van der Waals surface area contributed by atoms with Crippen molar-refractivity contribution < 1.29 is 24.2 Å². The number of benzene rings is 2. The van der Waals surface area contributed by atoms with Gasteiger partial charge in [0, 0.05) is 18.5 Å². The highest BCUT2D eigenvalue weighted by Gasteiger charge is 2.39. The average Bonchev–Trinajstić information content (AvgIpc) is 2.95. The second kappa shape index (κ2) is 15.8. The van der Waals surface area contributed by atoms with Crippen molar-refractivity contribution >= 4 is 17.9 Å². The fourth-order valence-electron chi connectivity index (χ4n) is 5.61. The second-order valence-corrected chi connectivity index (χ2v) is 13.3. The van der Waals surface area contributed by atoms with Gasteiger partial charge in [0.1, 0.15) is 23.4 Å². The zero-order valence-corrected chi connectivity index (χ0v) is 26.8. The Balaban J connectivity index is 2.05. The molecule has 3 amide bonds. The first-order valence-electron chi connectivity index (χ1n) is 15.8. The highest BCUT2D eigenvalue weighted by molar-refractivity contribution is 5.92. The molecule has 8 heteroatoms. The Hall–Kier alpha value is -3.55. The number of rotatable bonds is 12. The van der Waals surface area contributed by atoms with Crippen LogP contribution in [0.4, 0.5) is 4.79 Å². The molecule has 0 bridgehead atoms. The fourth-order valence-corrected chi connectivity index (χ4v) is 5.61. The van der Waals surface area contributed by atoms with Crippen molar-refractivity contribution in [2.45, 2.75) is 123 Å². The van der Waals surface area contributed by atoms with Crippen LogP contribution in [0, 0.1) is 5.92 Å². The number of hydrogen-bond acceptors (Lipinski definition) is 5. The van der Waals surface area contributed by atoms with E-state index in [2.05, 4.69) is 24.5 Å². The topological polar surface area (TPSA) is 108 Å². The number of phenols is 1. The summed E-state index contributed by atoms with van der Waals surface area (Å²) in [4.78, 5) is 43.6. The summed E-state index contributed by atoms with van der Waals surface area (Å²) >= 11 is 0. The maximum absolute atomic E-state index is 14.7. The van der Waals surface area contributed by atoms with E-state index in [0.717, 1.165) is 43.2 Å². The van der Waals surface area contributed by atoms with E-state index in [1.54, 1.807) is 49.9 Å². The van der Waals surface area contributed by atoms with Gasteiger partial charge in [0.15, 0.2) is 0 Å². The van der Waals surface area contributed by atoms with E-state index >= 15 is 0 Å². The van der Waals surface area contributed by atoms with Crippen molar-refractivity contribution in [1.29, 1.82) is 0 Å². The molecule has 3 atom stereocenters. The van der Waals surface area contributed by atoms with Gasteiger partial charge in [-0.2, -0.15) is 0 Å². The number of carbonyl (C=O) groups is 3. The van der Waals surface area contributed by atoms with Gasteiger partial charge in [-0.25, -0.2) is 4.79 Å². The number of aromatic hydroxyl groups is 1. The van der Waals surface area contributed by atoms with Crippen molar-refractivity contribution in [2.24, 2.45) is 5.92 Å². The van der Waals surface area contributed by atoms with Gasteiger partial charge in [-0.3, -0.25) is 9.59 Å². The van der Waals surface area contributed by atoms with Crippen LogP contribution in [0.5, 0.6) is 5.75 Å². The van der Waals surface area contributed by atoms with E-state index in [1.165, 1.54) is 6.42 Å². The van der Waals surface area contributed by atoms with Crippen LogP contribution in [0.1, 0.15) is 104 Å². The molecule has 43 heavy (non-hydrogen) atoms. The minimum atomic E-state index is -1.01. The second-order valence-electron chi connectivity index (χ2n) is 13.3. The normalized spacial score (nSPS) is 16.2. The van der Waals surface area contributed by atoms with Crippen LogP contribution in [0.25, 0.3) is 0 Å². The third kappa shape index (κ3) is 10.9. The van der Waals surface area contributed by atoms with Gasteiger partial charge in [0.05, 0.1) is 0 Å². The first-order chi connectivity index (χ1) is 20.3. The molecule has 1 fully saturated rings. The number of nitrogens with zero attached hydrogens (tertiary/aromatic N) is 1. The number of alkyl carbamates (subject to hydrolysis) is 1. The molecule has 236 valence electrons. The summed E-state index contributed by atoms with van der Waals surface area (Å²) in [5.74, 6) is -0.0381. The number of carbonyl (C=O) groups excluding carboxylic acids is 3. The molecule has 0 aliphatic heterocycles. The van der Waals surface area contributed by atoms with Gasteiger partial charge in [-0.15, -0.1) is 0 Å². The summed E-state index contributed by atoms with van der Waals surface area (Å²) in [7, 11) is 0. The van der Waals surface area contributed by atoms with Crippen LogP contribution in [-0.2, 0) is 20.7 Å². The summed E-state index contributed by atoms with van der Waals surface area (Å²) in [5.41, 5.74) is 0.721. The highest BCUT2D eigenvalue weighted by atomic mass is 16.6. The maximum atomic E-state index is 14.7. The maximum Gasteiger partial charge on any atom is 0.408 e. The summed E-state index contributed by atoms with van der Waals surface area (Å²) < 4.78 is 5.55. The molecule has 3 unspecified atom stereocenters. The van der Waals surface area contributed by atoms with E-state index < -0.39 is 23.8 Å². The van der Waals surface area contributed by atoms with Gasteiger partial charge in [0.25, 0.3) is 0 Å². The van der Waals surface area contributed by atoms with E-state index in [4.69, 9.17) is 4.74 Å². The lowest BCUT2D eigenvalue weighted by Gasteiger charge is -2.39. The molecule has 3 rings (SSSR count). The minimum absolute atomic E-state index is 0.0723. The van der Waals surface area contributed by atoms with Crippen LogP contribution < -0.4 is 10.6 Å². The van der Waals surface area contributed by atoms with Crippen LogP contribution in [-0.4, -0.2) is 51.6 Å². The third-order valence-electron chi connectivity index (χ3n) is 7.85. The number of amides is 3. The first-order valence-corrected chi connectivity index (χ1v) is 15.8. The van der Waals surface area contributed by atoms with Crippen LogP contribution >= 0.6 is 0 Å². The Kier molecular flexibility index (Phi) is 12.5. The van der Waals surface area contributed by atoms with Gasteiger partial charge in [-0.1, -0.05) is 75.6 Å². The Morgan fingerprint density at radius 1 is 0.930 bits per heavy atom. The molecule has 3 N–H and O–H groups in total. The summed E-state index contributed by atoms with van der Waals surface area (Å²) in [6, 6.07) is 13.9. The quantitative estimate of drug-likeness (QED) is 0.255. The summed E-state index contributed by atoms with van der Waals surface area (Å²) in [5, 5.41) is 15.9. The Morgan fingerprint density at radius 3 is 2.14 bits per heavy atom. The zero-order chi connectivity index (χ0) is 31.6. The van der Waals surface area contributed by atoms with E-state index in [-0.39, 0.29) is 36.1 Å². The van der Waals surface area contributed by atoms with Crippen molar-refractivity contribution in [3.8, 4) is 5.75 Å². The van der Waals surface area contributed by atoms with Crippen molar-refractivity contribution in [2.75, 3.05) is 0 Å². The number of phenolic OH excluding ortho intramolecular Hbond substituents is 1. The molecule has 1 aliphatic carbocycles. The van der Waals surface area contributed by atoms with Crippen molar-refractivity contribution in [3.63, 3.8) is 0 Å². The van der Waals surface area contributed by atoms with Crippen molar-refractivity contribution in [3.05, 3.63) is 65.7 Å². The van der Waals surface area contributed by atoms with E-state index in [1.807, 2.05) is 37.3 Å². The lowest BCUT2D eigenvalue weighted by atomic mass is 9.93. The van der Waals surface area contributed by atoms with Gasteiger partial charge >= 0.3 is 6.09 Å². The SMILES string of the molecule is CC(C)CCC(C)N(C(=O)C(Cc1ccc(O)cc1)NC(=O)OC(C)(C)C)C(C(=O)NC1CCCCC1)c1ccccc1. The molecule has 8 nitrogen and oxygen atoms in total. The molecule has 0 saturated heterocycles. The van der Waals surface area contributed by atoms with Crippen LogP contribution in [0.3, 0.4) is 0 Å². The van der Waals surface area contributed by atoms with Gasteiger partial charge in [0.2, 0.25) is 11.8 Å². The molecule has 0 aromatic heterocycles. The summed E-state index contributed by atoms with van der Waals surface area (Å²) in [6.45, 7) is 11.6. The number of hydrogen-bond donors (Lipinski definition) is 3. The predicted octanol–water partition coefficient (Wildman–Crippen LogP) is 6.67. The Bertz CT molecular complexity index is 1170. The fraction of sp³-hybridized carbons (Fsp3) is 0.571. The molecular formula is C35H51N3O5. The third-order valence-corrected chi connectivity index (χ3v) is 7.85. The van der Waals surface area contributed by atoms with Crippen LogP contribution in [0.2, 0.25) is 0 Å². The van der Waals surface area contributed by atoms with E-state index in [9.17, 15) is 19.5 Å². The lowest BCUT2D eigenvalue weighted by molar-refractivity contribution is -0.145. The molecule has 1 saturated carbocycles. The Morgan fingerprint density at radius 2 is 1.56 bits per heavy atom. The largest absolute Gasteiger partial charge is 0.508 e. The standard InChI is InChI=1S/C35H51N3O5/c1-24(2)17-18-25(3)38(31(27-13-9-7-10-14-27)32(40)36-28-15-11-8-12-16-28)33(41)30(37-34(42)43-35(4,5)6)23-26-19-21-29(39)22-20-26/h7,9-10,13-14,19-22,24-25,28,30-31,39H,8,11-12,15-18,23H2,1-6H3,(H,36,40)(H,37,42). The lowest BCUT2D eigenvalue weighted by Crippen LogP contribution is -2.57. The molecular weight excluding hydrogens is 542 g/mol. The van der Waals surface area contributed by atoms with Crippen molar-refractivity contribution in [1.82, 2.24) is 15.5 Å². The van der Waals surface area contributed by atoms with Gasteiger partial charge < -0.3 is 25.4 Å². The smallest absolute Gasteiger partial charge is 0.408 e. The molecule has 2 aromatic rings. The van der Waals surface area contributed by atoms with Crippen LogP contribution in [0.15, 0.2) is 54.6 Å². The van der Waals surface area contributed by atoms with E-state index in [0.29, 0.717) is 12.3 Å².